The Balaban J connectivity index is 1.81. The molecule has 1 aromatic carbocycles. The van der Waals surface area contributed by atoms with E-state index < -0.39 is 0 Å². The highest BCUT2D eigenvalue weighted by Gasteiger charge is 2.34. The van der Waals surface area contributed by atoms with Gasteiger partial charge in [0, 0.05) is 23.1 Å². The van der Waals surface area contributed by atoms with Crippen molar-refractivity contribution in [3.63, 3.8) is 0 Å². The summed E-state index contributed by atoms with van der Waals surface area (Å²) in [6.07, 6.45) is 0.888. The molecule has 4 nitrogen and oxygen atoms in total. The van der Waals surface area contributed by atoms with E-state index in [1.165, 1.54) is 4.88 Å². The molecule has 0 aliphatic carbocycles. The molecular weight excluding hydrogens is 330 g/mol. The molecule has 6 heteroatoms. The summed E-state index contributed by atoms with van der Waals surface area (Å²) in [5.74, 6) is 2.22. The largest absolute Gasteiger partial charge is 0.497 e. The SMILES string of the molecule is COc1ccc(C2SCC(=O)N2CCc2cccs2)c(OC)c1. The predicted octanol–water partition coefficient (Wildman–Crippen LogP) is 3.58. The van der Waals surface area contributed by atoms with E-state index in [2.05, 4.69) is 11.4 Å². The third kappa shape index (κ3) is 3.48. The van der Waals surface area contributed by atoms with Crippen LogP contribution in [0.3, 0.4) is 0 Å². The standard InChI is InChI=1S/C17H19NO3S2/c1-20-12-5-6-14(15(10-12)21-2)17-18(16(19)11-23-17)8-7-13-4-3-9-22-13/h3-6,9-10,17H,7-8,11H2,1-2H3. The molecule has 1 atom stereocenters. The minimum atomic E-state index is 0.00307. The maximum absolute atomic E-state index is 12.3. The molecule has 1 fully saturated rings. The van der Waals surface area contributed by atoms with Gasteiger partial charge in [-0.3, -0.25) is 4.79 Å². The van der Waals surface area contributed by atoms with E-state index in [-0.39, 0.29) is 11.3 Å². The third-order valence-corrected chi connectivity index (χ3v) is 6.03. The van der Waals surface area contributed by atoms with Crippen LogP contribution in [0.25, 0.3) is 0 Å². The summed E-state index contributed by atoms with van der Waals surface area (Å²) in [5.41, 5.74) is 1.02. The van der Waals surface area contributed by atoms with E-state index in [4.69, 9.17) is 9.47 Å². The molecule has 2 aromatic rings. The quantitative estimate of drug-likeness (QED) is 0.799. The zero-order chi connectivity index (χ0) is 16.2. The van der Waals surface area contributed by atoms with E-state index >= 15 is 0 Å². The number of carbonyl (C=O) groups is 1. The number of hydrogen-bond donors (Lipinski definition) is 0. The Kier molecular flexibility index (Phi) is 5.13. The molecule has 0 spiro atoms. The number of carbonyl (C=O) groups excluding carboxylic acids is 1. The average molecular weight is 349 g/mol. The first kappa shape index (κ1) is 16.2. The van der Waals surface area contributed by atoms with Gasteiger partial charge in [0.25, 0.3) is 0 Å². The Morgan fingerprint density at radius 1 is 1.26 bits per heavy atom. The van der Waals surface area contributed by atoms with Gasteiger partial charge in [-0.15, -0.1) is 23.1 Å². The molecule has 0 radical (unpaired) electrons. The number of nitrogens with zero attached hydrogens (tertiary/aromatic N) is 1. The Morgan fingerprint density at radius 2 is 2.13 bits per heavy atom. The molecule has 1 aromatic heterocycles. The molecule has 2 heterocycles. The number of rotatable bonds is 6. The highest BCUT2D eigenvalue weighted by Crippen LogP contribution is 2.43. The van der Waals surface area contributed by atoms with E-state index in [1.807, 2.05) is 29.2 Å². The maximum atomic E-state index is 12.3. The van der Waals surface area contributed by atoms with Crippen LogP contribution in [0.15, 0.2) is 35.7 Å². The van der Waals surface area contributed by atoms with Gasteiger partial charge in [0.2, 0.25) is 5.91 Å². The highest BCUT2D eigenvalue weighted by atomic mass is 32.2. The number of thioether (sulfide) groups is 1. The molecule has 122 valence electrons. The highest BCUT2D eigenvalue weighted by molar-refractivity contribution is 8.00. The first-order chi connectivity index (χ1) is 11.2. The lowest BCUT2D eigenvalue weighted by Gasteiger charge is -2.25. The topological polar surface area (TPSA) is 38.8 Å². The molecule has 0 saturated carbocycles. The Bertz CT molecular complexity index is 672. The summed E-state index contributed by atoms with van der Waals surface area (Å²) in [4.78, 5) is 15.5. The predicted molar refractivity (Wildman–Crippen MR) is 94.5 cm³/mol. The molecule has 1 saturated heterocycles. The van der Waals surface area contributed by atoms with Crippen LogP contribution < -0.4 is 9.47 Å². The molecule has 1 unspecified atom stereocenters. The summed E-state index contributed by atoms with van der Waals surface area (Å²) in [6.45, 7) is 0.728. The van der Waals surface area contributed by atoms with Crippen LogP contribution in [-0.2, 0) is 11.2 Å². The lowest BCUT2D eigenvalue weighted by molar-refractivity contribution is -0.128. The van der Waals surface area contributed by atoms with E-state index in [0.29, 0.717) is 5.75 Å². The van der Waals surface area contributed by atoms with Crippen molar-refractivity contribution in [1.82, 2.24) is 4.90 Å². The average Bonchev–Trinajstić information content (AvgIpc) is 3.22. The maximum Gasteiger partial charge on any atom is 0.233 e. The number of methoxy groups -OCH3 is 2. The van der Waals surface area contributed by atoms with Gasteiger partial charge in [-0.1, -0.05) is 6.07 Å². The second-order valence-electron chi connectivity index (χ2n) is 5.19. The van der Waals surface area contributed by atoms with Crippen molar-refractivity contribution in [3.05, 3.63) is 46.2 Å². The van der Waals surface area contributed by atoms with Crippen LogP contribution in [0.1, 0.15) is 15.8 Å². The number of thiophene rings is 1. The molecule has 1 aliphatic rings. The van der Waals surface area contributed by atoms with Crippen LogP contribution in [0.2, 0.25) is 0 Å². The van der Waals surface area contributed by atoms with Crippen LogP contribution in [-0.4, -0.2) is 37.3 Å². The van der Waals surface area contributed by atoms with Crippen molar-refractivity contribution in [2.45, 2.75) is 11.8 Å². The molecule has 1 aliphatic heterocycles. The first-order valence-electron chi connectivity index (χ1n) is 7.38. The van der Waals surface area contributed by atoms with Gasteiger partial charge in [-0.25, -0.2) is 0 Å². The van der Waals surface area contributed by atoms with Gasteiger partial charge in [0.1, 0.15) is 16.9 Å². The van der Waals surface area contributed by atoms with Crippen molar-refractivity contribution in [3.8, 4) is 11.5 Å². The van der Waals surface area contributed by atoms with Crippen LogP contribution in [0.5, 0.6) is 11.5 Å². The molecular formula is C17H19NO3S2. The lowest BCUT2D eigenvalue weighted by atomic mass is 10.1. The molecule has 0 N–H and O–H groups in total. The molecule has 23 heavy (non-hydrogen) atoms. The van der Waals surface area contributed by atoms with Gasteiger partial charge in [-0.05, 0) is 30.0 Å². The smallest absolute Gasteiger partial charge is 0.233 e. The lowest BCUT2D eigenvalue weighted by Crippen LogP contribution is -2.30. The second-order valence-corrected chi connectivity index (χ2v) is 7.29. The first-order valence-corrected chi connectivity index (χ1v) is 9.31. The van der Waals surface area contributed by atoms with Gasteiger partial charge in [0.15, 0.2) is 0 Å². The summed E-state index contributed by atoms with van der Waals surface area (Å²) >= 11 is 3.38. The normalized spacial score (nSPS) is 17.6. The van der Waals surface area contributed by atoms with E-state index in [1.54, 1.807) is 37.3 Å². The van der Waals surface area contributed by atoms with Crippen LogP contribution in [0.4, 0.5) is 0 Å². The molecule has 0 bridgehead atoms. The van der Waals surface area contributed by atoms with Gasteiger partial charge < -0.3 is 14.4 Å². The Labute approximate surface area is 144 Å². The van der Waals surface area contributed by atoms with Gasteiger partial charge >= 0.3 is 0 Å². The zero-order valence-corrected chi connectivity index (χ0v) is 14.8. The summed E-state index contributed by atoms with van der Waals surface area (Å²) < 4.78 is 10.8. The number of benzene rings is 1. The van der Waals surface area contributed by atoms with E-state index in [0.717, 1.165) is 30.0 Å². The molecule has 3 rings (SSSR count). The Morgan fingerprint density at radius 3 is 2.83 bits per heavy atom. The summed E-state index contributed by atoms with van der Waals surface area (Å²) in [5, 5.41) is 2.07. The number of ether oxygens (including phenoxy) is 2. The van der Waals surface area contributed by atoms with Crippen molar-refractivity contribution < 1.29 is 14.3 Å². The van der Waals surface area contributed by atoms with Crippen molar-refractivity contribution in [1.29, 1.82) is 0 Å². The van der Waals surface area contributed by atoms with Gasteiger partial charge in [-0.2, -0.15) is 0 Å². The Hall–Kier alpha value is -1.66. The fourth-order valence-corrected chi connectivity index (χ4v) is 4.60. The molecule has 1 amide bonds. The third-order valence-electron chi connectivity index (χ3n) is 3.85. The van der Waals surface area contributed by atoms with Crippen molar-refractivity contribution >= 4 is 29.0 Å². The number of amides is 1. The monoisotopic (exact) mass is 349 g/mol. The van der Waals surface area contributed by atoms with Crippen molar-refractivity contribution in [2.75, 3.05) is 26.5 Å². The second kappa shape index (κ2) is 7.27. The zero-order valence-electron chi connectivity index (χ0n) is 13.2. The van der Waals surface area contributed by atoms with Crippen LogP contribution >= 0.6 is 23.1 Å². The van der Waals surface area contributed by atoms with E-state index in [9.17, 15) is 4.79 Å². The number of hydrogen-bond acceptors (Lipinski definition) is 5. The van der Waals surface area contributed by atoms with Crippen molar-refractivity contribution in [2.24, 2.45) is 0 Å². The minimum Gasteiger partial charge on any atom is -0.497 e. The van der Waals surface area contributed by atoms with Crippen LogP contribution in [0, 0.1) is 0 Å². The fraction of sp³-hybridized carbons (Fsp3) is 0.353. The minimum absolute atomic E-state index is 0.00307. The summed E-state index contributed by atoms with van der Waals surface area (Å²) in [6, 6.07) is 9.94. The fourth-order valence-electron chi connectivity index (χ4n) is 2.66. The van der Waals surface area contributed by atoms with Gasteiger partial charge in [0.05, 0.1) is 20.0 Å². The summed E-state index contributed by atoms with van der Waals surface area (Å²) in [7, 11) is 3.28.